The van der Waals surface area contributed by atoms with E-state index in [1.54, 1.807) is 25.1 Å². The zero-order chi connectivity index (χ0) is 27.2. The molecule has 1 saturated carbocycles. The number of amides is 2. The van der Waals surface area contributed by atoms with Gasteiger partial charge in [-0.25, -0.2) is 14.4 Å². The Hall–Kier alpha value is -3.60. The Balaban J connectivity index is 1.31. The molecule has 0 radical (unpaired) electrons. The zero-order valence-corrected chi connectivity index (χ0v) is 22.3. The SMILES string of the molecule is COc1cc(CNC(=O)c2cc(C3=NOC(C4CCC(NC(=O)CN(C)C)CC4)C3)nc(C)n2)ccc1F. The monoisotopic (exact) mass is 526 g/mol. The van der Waals surface area contributed by atoms with Gasteiger partial charge in [-0.05, 0) is 76.4 Å². The average Bonchev–Trinajstić information content (AvgIpc) is 3.38. The number of benzene rings is 1. The lowest BCUT2D eigenvalue weighted by atomic mass is 9.81. The van der Waals surface area contributed by atoms with E-state index in [0.717, 1.165) is 25.7 Å². The maximum absolute atomic E-state index is 13.6. The number of ether oxygens (including phenoxy) is 1. The van der Waals surface area contributed by atoms with Crippen molar-refractivity contribution in [1.82, 2.24) is 25.5 Å². The number of methoxy groups -OCH3 is 1. The lowest BCUT2D eigenvalue weighted by molar-refractivity contribution is -0.122. The molecule has 1 aromatic carbocycles. The van der Waals surface area contributed by atoms with Gasteiger partial charge in [0.05, 0.1) is 19.3 Å². The number of rotatable bonds is 9. The van der Waals surface area contributed by atoms with Crippen LogP contribution in [0.4, 0.5) is 4.39 Å². The van der Waals surface area contributed by atoms with Crippen molar-refractivity contribution in [3.63, 3.8) is 0 Å². The number of aromatic nitrogens is 2. The van der Waals surface area contributed by atoms with Crippen LogP contribution >= 0.6 is 0 Å². The van der Waals surface area contributed by atoms with Gasteiger partial charge in [0.25, 0.3) is 5.91 Å². The first kappa shape index (κ1) is 27.4. The largest absolute Gasteiger partial charge is 0.494 e. The van der Waals surface area contributed by atoms with Crippen LogP contribution < -0.4 is 15.4 Å². The first-order valence-corrected chi connectivity index (χ1v) is 12.8. The number of likely N-dealkylation sites (N-methyl/N-ethyl adjacent to an activating group) is 1. The summed E-state index contributed by atoms with van der Waals surface area (Å²) in [7, 11) is 5.15. The molecule has 11 heteroatoms. The van der Waals surface area contributed by atoms with Crippen molar-refractivity contribution in [1.29, 1.82) is 0 Å². The normalized spacial score (nSPS) is 21.0. The number of oxime groups is 1. The Morgan fingerprint density at radius 2 is 1.92 bits per heavy atom. The molecule has 1 aromatic heterocycles. The fourth-order valence-corrected chi connectivity index (χ4v) is 4.92. The molecule has 10 nitrogen and oxygen atoms in total. The van der Waals surface area contributed by atoms with Gasteiger partial charge in [0, 0.05) is 19.0 Å². The highest BCUT2D eigenvalue weighted by Gasteiger charge is 2.34. The van der Waals surface area contributed by atoms with Crippen molar-refractivity contribution >= 4 is 17.5 Å². The van der Waals surface area contributed by atoms with Crippen LogP contribution in [0.3, 0.4) is 0 Å². The van der Waals surface area contributed by atoms with E-state index in [-0.39, 0.29) is 41.9 Å². The number of hydrogen-bond donors (Lipinski definition) is 2. The summed E-state index contributed by atoms with van der Waals surface area (Å²) in [6.07, 6.45) is 4.28. The van der Waals surface area contributed by atoms with E-state index >= 15 is 0 Å². The van der Waals surface area contributed by atoms with E-state index in [9.17, 15) is 14.0 Å². The maximum atomic E-state index is 13.6. The molecule has 1 aliphatic carbocycles. The van der Waals surface area contributed by atoms with Gasteiger partial charge in [-0.1, -0.05) is 11.2 Å². The number of carbonyl (C=O) groups is 2. The Labute approximate surface area is 222 Å². The second-order valence-electron chi connectivity index (χ2n) is 10.1. The molecule has 0 spiro atoms. The van der Waals surface area contributed by atoms with Gasteiger partial charge in [0.15, 0.2) is 11.6 Å². The minimum absolute atomic E-state index is 0.0515. The molecular weight excluding hydrogens is 491 g/mol. The van der Waals surface area contributed by atoms with Crippen molar-refractivity contribution < 1.29 is 23.6 Å². The molecule has 2 N–H and O–H groups in total. The highest BCUT2D eigenvalue weighted by atomic mass is 19.1. The van der Waals surface area contributed by atoms with Gasteiger partial charge >= 0.3 is 0 Å². The fourth-order valence-electron chi connectivity index (χ4n) is 4.92. The smallest absolute Gasteiger partial charge is 0.270 e. The van der Waals surface area contributed by atoms with E-state index in [1.807, 2.05) is 19.0 Å². The summed E-state index contributed by atoms with van der Waals surface area (Å²) >= 11 is 0. The Bertz CT molecular complexity index is 1200. The quantitative estimate of drug-likeness (QED) is 0.516. The second-order valence-corrected chi connectivity index (χ2v) is 10.1. The summed E-state index contributed by atoms with van der Waals surface area (Å²) in [5.74, 6) is 0.140. The molecular formula is C27H35FN6O4. The molecule has 2 aliphatic rings. The molecule has 1 unspecified atom stereocenters. The highest BCUT2D eigenvalue weighted by molar-refractivity contribution is 6.01. The Morgan fingerprint density at radius 3 is 2.63 bits per heavy atom. The molecule has 2 aromatic rings. The first-order chi connectivity index (χ1) is 18.2. The predicted octanol–water partition coefficient (Wildman–Crippen LogP) is 2.59. The highest BCUT2D eigenvalue weighted by Crippen LogP contribution is 2.33. The van der Waals surface area contributed by atoms with Crippen LogP contribution in [0.1, 0.15) is 59.7 Å². The molecule has 4 rings (SSSR count). The molecule has 0 bridgehead atoms. The summed E-state index contributed by atoms with van der Waals surface area (Å²) in [5, 5.41) is 10.2. The van der Waals surface area contributed by atoms with Crippen molar-refractivity contribution in [2.75, 3.05) is 27.7 Å². The molecule has 2 heterocycles. The van der Waals surface area contributed by atoms with E-state index in [0.29, 0.717) is 41.7 Å². The summed E-state index contributed by atoms with van der Waals surface area (Å²) in [5.41, 5.74) is 2.19. The van der Waals surface area contributed by atoms with Crippen LogP contribution in [-0.2, 0) is 16.2 Å². The fraction of sp³-hybridized carbons (Fsp3) is 0.519. The lowest BCUT2D eigenvalue weighted by Crippen LogP contribution is -2.42. The first-order valence-electron chi connectivity index (χ1n) is 12.8. The van der Waals surface area contributed by atoms with Crippen LogP contribution in [-0.4, -0.2) is 72.3 Å². The van der Waals surface area contributed by atoms with Crippen LogP contribution in [0.15, 0.2) is 29.4 Å². The van der Waals surface area contributed by atoms with Crippen molar-refractivity contribution in [2.45, 2.75) is 57.7 Å². The van der Waals surface area contributed by atoms with Crippen LogP contribution in [0.5, 0.6) is 5.75 Å². The molecule has 1 aliphatic heterocycles. The number of hydrogen-bond acceptors (Lipinski definition) is 8. The lowest BCUT2D eigenvalue weighted by Gasteiger charge is -2.31. The maximum Gasteiger partial charge on any atom is 0.270 e. The van der Waals surface area contributed by atoms with Gasteiger partial charge in [-0.3, -0.25) is 9.59 Å². The molecule has 0 saturated heterocycles. The Kier molecular flexibility index (Phi) is 8.88. The molecule has 1 fully saturated rings. The number of aryl methyl sites for hydroxylation is 1. The van der Waals surface area contributed by atoms with Crippen LogP contribution in [0.2, 0.25) is 0 Å². The molecule has 2 amide bonds. The van der Waals surface area contributed by atoms with Crippen molar-refractivity contribution in [2.24, 2.45) is 11.1 Å². The topological polar surface area (TPSA) is 118 Å². The molecule has 38 heavy (non-hydrogen) atoms. The van der Waals surface area contributed by atoms with Crippen molar-refractivity contribution in [3.8, 4) is 5.75 Å². The zero-order valence-electron chi connectivity index (χ0n) is 22.3. The average molecular weight is 527 g/mol. The van der Waals surface area contributed by atoms with Gasteiger partial charge in [-0.15, -0.1) is 0 Å². The third-order valence-corrected chi connectivity index (χ3v) is 6.85. The van der Waals surface area contributed by atoms with Crippen LogP contribution in [0, 0.1) is 18.7 Å². The summed E-state index contributed by atoms with van der Waals surface area (Å²) in [4.78, 5) is 41.3. The number of nitrogens with zero attached hydrogens (tertiary/aromatic N) is 4. The minimum atomic E-state index is -0.462. The van der Waals surface area contributed by atoms with Crippen LogP contribution in [0.25, 0.3) is 0 Å². The predicted molar refractivity (Wildman–Crippen MR) is 139 cm³/mol. The standard InChI is InChI=1S/C27H35FN6O4/c1-16-30-21(12-23(31-16)27(36)29-14-17-5-10-20(28)25(11-17)37-4)22-13-24(38-33-22)18-6-8-19(9-7-18)32-26(35)15-34(2)3/h5,10-12,18-19,24H,6-9,13-15H2,1-4H3,(H,29,36)(H,32,35). The number of carbonyl (C=O) groups excluding carboxylic acids is 2. The third-order valence-electron chi connectivity index (χ3n) is 6.85. The van der Waals surface area contributed by atoms with Crippen molar-refractivity contribution in [3.05, 3.63) is 52.9 Å². The van der Waals surface area contributed by atoms with E-state index < -0.39 is 5.82 Å². The van der Waals surface area contributed by atoms with Gasteiger partial charge < -0.3 is 25.1 Å². The number of halogens is 1. The minimum Gasteiger partial charge on any atom is -0.494 e. The molecule has 1 atom stereocenters. The summed E-state index contributed by atoms with van der Waals surface area (Å²) in [6.45, 7) is 2.31. The van der Waals surface area contributed by atoms with Gasteiger partial charge in [-0.2, -0.15) is 0 Å². The second kappa shape index (κ2) is 12.3. The Morgan fingerprint density at radius 1 is 1.16 bits per heavy atom. The van der Waals surface area contributed by atoms with Gasteiger partial charge in [0.1, 0.15) is 23.3 Å². The van der Waals surface area contributed by atoms with Gasteiger partial charge in [0.2, 0.25) is 5.91 Å². The third kappa shape index (κ3) is 7.03. The molecule has 204 valence electrons. The van der Waals surface area contributed by atoms with E-state index in [2.05, 4.69) is 25.8 Å². The summed E-state index contributed by atoms with van der Waals surface area (Å²) < 4.78 is 18.6. The number of nitrogens with one attached hydrogen (secondary N) is 2. The van der Waals surface area contributed by atoms with E-state index in [4.69, 9.17) is 9.57 Å². The summed E-state index contributed by atoms with van der Waals surface area (Å²) in [6, 6.07) is 6.25. The van der Waals surface area contributed by atoms with E-state index in [1.165, 1.54) is 13.2 Å².